The number of hydrogen-bond acceptors (Lipinski definition) is 4. The average molecular weight is 305 g/mol. The summed E-state index contributed by atoms with van der Waals surface area (Å²) in [6.45, 7) is 4.04. The van der Waals surface area contributed by atoms with Crippen LogP contribution in [0.3, 0.4) is 0 Å². The van der Waals surface area contributed by atoms with Crippen molar-refractivity contribution < 1.29 is 9.47 Å². The second-order valence-electron chi connectivity index (χ2n) is 5.51. The number of fused-ring (bicyclic) bond motifs is 1. The first-order valence-electron chi connectivity index (χ1n) is 7.81. The molecule has 2 heterocycles. The van der Waals surface area contributed by atoms with E-state index in [2.05, 4.69) is 30.4 Å². The van der Waals surface area contributed by atoms with Gasteiger partial charge in [0.25, 0.3) is 0 Å². The van der Waals surface area contributed by atoms with Gasteiger partial charge in [-0.25, -0.2) is 0 Å². The summed E-state index contributed by atoms with van der Waals surface area (Å²) in [5, 5.41) is 3.65. The van der Waals surface area contributed by atoms with Crippen LogP contribution >= 0.6 is 11.8 Å². The highest BCUT2D eigenvalue weighted by Crippen LogP contribution is 2.37. The Hall–Kier alpha value is -1.13. The van der Waals surface area contributed by atoms with Crippen molar-refractivity contribution in [3.63, 3.8) is 0 Å². The molecule has 1 N–H and O–H groups in total. The molecule has 2 aliphatic rings. The topological polar surface area (TPSA) is 30.5 Å². The second kappa shape index (κ2) is 7.23. The minimum atomic E-state index is 0.171. The number of rotatable bonds is 5. The lowest BCUT2D eigenvalue weighted by Gasteiger charge is -2.34. The summed E-state index contributed by atoms with van der Waals surface area (Å²) in [4.78, 5) is 1.25. The first-order valence-corrected chi connectivity index (χ1v) is 8.79. The van der Waals surface area contributed by atoms with Crippen molar-refractivity contribution in [2.45, 2.75) is 43.2 Å². The zero-order valence-corrected chi connectivity index (χ0v) is 13.3. The molecule has 0 aromatic heterocycles. The molecule has 2 aliphatic heterocycles. The lowest BCUT2D eigenvalue weighted by atomic mass is 9.97. The summed E-state index contributed by atoms with van der Waals surface area (Å²) in [6, 6.07) is 8.57. The van der Waals surface area contributed by atoms with Gasteiger partial charge < -0.3 is 14.8 Å². The number of ether oxygens (including phenoxy) is 2. The summed E-state index contributed by atoms with van der Waals surface area (Å²) >= 11 is 1.89. The van der Waals surface area contributed by atoms with Gasteiger partial charge in [-0.1, -0.05) is 19.1 Å². The second-order valence-corrected chi connectivity index (χ2v) is 6.57. The Morgan fingerprint density at radius 3 is 3.10 bits per heavy atom. The Balaban J connectivity index is 1.76. The Labute approximate surface area is 131 Å². The molecular weight excluding hydrogens is 282 g/mol. The lowest BCUT2D eigenvalue weighted by molar-refractivity contribution is 0.163. The Kier molecular flexibility index (Phi) is 5.09. The van der Waals surface area contributed by atoms with Crippen LogP contribution in [0.5, 0.6) is 5.75 Å². The van der Waals surface area contributed by atoms with Gasteiger partial charge in [0.2, 0.25) is 0 Å². The maximum atomic E-state index is 6.26. The molecule has 4 heteroatoms. The van der Waals surface area contributed by atoms with Gasteiger partial charge in [-0.3, -0.25) is 0 Å². The number of nitrogens with one attached hydrogen (secondary N) is 1. The SMILES string of the molecule is CCCNC(C1=COCCC1)C1CSc2ccccc2O1. The van der Waals surface area contributed by atoms with E-state index in [0.717, 1.165) is 43.9 Å². The molecule has 2 atom stereocenters. The third-order valence-corrected chi connectivity index (χ3v) is 5.02. The van der Waals surface area contributed by atoms with Crippen LogP contribution in [-0.2, 0) is 4.74 Å². The molecule has 0 aliphatic carbocycles. The first kappa shape index (κ1) is 14.8. The van der Waals surface area contributed by atoms with Gasteiger partial charge in [-0.05, 0) is 43.5 Å². The first-order chi connectivity index (χ1) is 10.4. The molecule has 0 saturated carbocycles. The van der Waals surface area contributed by atoms with E-state index in [1.54, 1.807) is 0 Å². The number of thioether (sulfide) groups is 1. The van der Waals surface area contributed by atoms with E-state index in [4.69, 9.17) is 9.47 Å². The fourth-order valence-corrected chi connectivity index (χ4v) is 3.85. The maximum absolute atomic E-state index is 6.26. The molecule has 0 radical (unpaired) electrons. The largest absolute Gasteiger partial charge is 0.501 e. The van der Waals surface area contributed by atoms with Crippen LogP contribution in [-0.4, -0.2) is 31.1 Å². The van der Waals surface area contributed by atoms with Crippen molar-refractivity contribution in [2.24, 2.45) is 0 Å². The molecule has 0 bridgehead atoms. The summed E-state index contributed by atoms with van der Waals surface area (Å²) in [5.74, 6) is 2.00. The molecule has 2 unspecified atom stereocenters. The normalized spacial score (nSPS) is 22.5. The van der Waals surface area contributed by atoms with Crippen LogP contribution < -0.4 is 10.1 Å². The fourth-order valence-electron chi connectivity index (χ4n) is 2.81. The van der Waals surface area contributed by atoms with Crippen LogP contribution in [0.2, 0.25) is 0 Å². The Bertz CT molecular complexity index is 503. The molecule has 21 heavy (non-hydrogen) atoms. The number of hydrogen-bond donors (Lipinski definition) is 1. The molecule has 3 rings (SSSR count). The van der Waals surface area contributed by atoms with Gasteiger partial charge in [0.1, 0.15) is 11.9 Å². The highest BCUT2D eigenvalue weighted by Gasteiger charge is 2.31. The van der Waals surface area contributed by atoms with Crippen LogP contribution in [0.15, 0.2) is 41.0 Å². The summed E-state index contributed by atoms with van der Waals surface area (Å²) in [6.07, 6.45) is 5.46. The molecular formula is C17H23NO2S. The molecule has 0 spiro atoms. The molecule has 0 amide bonds. The van der Waals surface area contributed by atoms with Gasteiger partial charge in [-0.15, -0.1) is 11.8 Å². The van der Waals surface area contributed by atoms with Gasteiger partial charge in [-0.2, -0.15) is 0 Å². The highest BCUT2D eigenvalue weighted by molar-refractivity contribution is 7.99. The zero-order chi connectivity index (χ0) is 14.5. The minimum absolute atomic E-state index is 0.171. The average Bonchev–Trinajstić information content (AvgIpc) is 2.56. The van der Waals surface area contributed by atoms with Crippen LogP contribution in [0.4, 0.5) is 0 Å². The predicted octanol–water partition coefficient (Wildman–Crippen LogP) is 3.60. The van der Waals surface area contributed by atoms with E-state index >= 15 is 0 Å². The van der Waals surface area contributed by atoms with E-state index in [1.165, 1.54) is 10.5 Å². The van der Waals surface area contributed by atoms with Crippen LogP contribution in [0.1, 0.15) is 26.2 Å². The van der Waals surface area contributed by atoms with E-state index in [9.17, 15) is 0 Å². The Morgan fingerprint density at radius 1 is 1.38 bits per heavy atom. The quantitative estimate of drug-likeness (QED) is 0.900. The smallest absolute Gasteiger partial charge is 0.133 e. The van der Waals surface area contributed by atoms with E-state index in [-0.39, 0.29) is 12.1 Å². The monoisotopic (exact) mass is 305 g/mol. The zero-order valence-electron chi connectivity index (χ0n) is 12.5. The molecule has 3 nitrogen and oxygen atoms in total. The standard InChI is InChI=1S/C17H23NO2S/c1-2-9-18-17(13-6-5-10-19-11-13)15-12-21-16-8-4-3-7-14(16)20-15/h3-4,7-8,11,15,17-18H,2,5-6,9-10,12H2,1H3. The third-order valence-electron chi connectivity index (χ3n) is 3.88. The molecule has 0 fully saturated rings. The van der Waals surface area contributed by atoms with E-state index in [1.807, 2.05) is 24.1 Å². The van der Waals surface area contributed by atoms with E-state index < -0.39 is 0 Å². The Morgan fingerprint density at radius 2 is 2.29 bits per heavy atom. The van der Waals surface area contributed by atoms with Crippen molar-refractivity contribution in [2.75, 3.05) is 18.9 Å². The van der Waals surface area contributed by atoms with Gasteiger partial charge in [0.05, 0.1) is 18.9 Å². The molecule has 1 aromatic carbocycles. The van der Waals surface area contributed by atoms with E-state index in [0.29, 0.717) is 0 Å². The van der Waals surface area contributed by atoms with Crippen molar-refractivity contribution >= 4 is 11.8 Å². The third kappa shape index (κ3) is 3.55. The molecule has 1 aromatic rings. The van der Waals surface area contributed by atoms with Gasteiger partial charge in [0, 0.05) is 10.6 Å². The lowest BCUT2D eigenvalue weighted by Crippen LogP contribution is -2.47. The van der Waals surface area contributed by atoms with Gasteiger partial charge in [0.15, 0.2) is 0 Å². The maximum Gasteiger partial charge on any atom is 0.133 e. The van der Waals surface area contributed by atoms with Crippen LogP contribution in [0, 0.1) is 0 Å². The highest BCUT2D eigenvalue weighted by atomic mass is 32.2. The van der Waals surface area contributed by atoms with Crippen molar-refractivity contribution in [1.29, 1.82) is 0 Å². The fraction of sp³-hybridized carbons (Fsp3) is 0.529. The molecule has 114 valence electrons. The molecule has 0 saturated heterocycles. The van der Waals surface area contributed by atoms with Crippen molar-refractivity contribution in [1.82, 2.24) is 5.32 Å². The van der Waals surface area contributed by atoms with Gasteiger partial charge >= 0.3 is 0 Å². The van der Waals surface area contributed by atoms with Crippen molar-refractivity contribution in [3.05, 3.63) is 36.1 Å². The van der Waals surface area contributed by atoms with Crippen LogP contribution in [0.25, 0.3) is 0 Å². The van der Waals surface area contributed by atoms with Crippen molar-refractivity contribution in [3.8, 4) is 5.75 Å². The summed E-state index contributed by atoms with van der Waals surface area (Å²) < 4.78 is 11.8. The summed E-state index contributed by atoms with van der Waals surface area (Å²) in [7, 11) is 0. The number of benzene rings is 1. The predicted molar refractivity (Wildman–Crippen MR) is 86.9 cm³/mol. The number of para-hydroxylation sites is 1. The summed E-state index contributed by atoms with van der Waals surface area (Å²) in [5.41, 5.74) is 1.35. The minimum Gasteiger partial charge on any atom is -0.501 e.